The van der Waals surface area contributed by atoms with Gasteiger partial charge < -0.3 is 5.32 Å². The van der Waals surface area contributed by atoms with Crippen molar-refractivity contribution in [3.8, 4) is 0 Å². The van der Waals surface area contributed by atoms with Gasteiger partial charge in [-0.2, -0.15) is 0 Å². The Labute approximate surface area is 73.0 Å². The Kier molecular flexibility index (Phi) is 1.85. The highest BCUT2D eigenvalue weighted by atomic mass is 15.0. The summed E-state index contributed by atoms with van der Waals surface area (Å²) in [5.41, 5.74) is 3.87. The van der Waals surface area contributed by atoms with Crippen LogP contribution in [0, 0.1) is 13.8 Å². The maximum Gasteiger partial charge on any atom is 0.0489 e. The summed E-state index contributed by atoms with van der Waals surface area (Å²) in [4.78, 5) is 4.46. The highest BCUT2D eigenvalue weighted by Gasteiger charge is 2.21. The predicted molar refractivity (Wildman–Crippen MR) is 49.3 cm³/mol. The van der Waals surface area contributed by atoms with E-state index < -0.39 is 0 Å². The second-order valence-electron chi connectivity index (χ2n) is 3.57. The Morgan fingerprint density at radius 2 is 2.17 bits per heavy atom. The highest BCUT2D eigenvalue weighted by molar-refractivity contribution is 5.27. The standard InChI is InChI=1S/C10H14N2/c1-7-3-8(2)10(12-4-7)9-5-11-6-9/h3-4,9,11H,5-6H2,1-2H3. The Morgan fingerprint density at radius 1 is 1.42 bits per heavy atom. The minimum absolute atomic E-state index is 0.658. The molecule has 0 saturated carbocycles. The molecular weight excluding hydrogens is 148 g/mol. The van der Waals surface area contributed by atoms with Crippen LogP contribution >= 0.6 is 0 Å². The molecule has 1 saturated heterocycles. The van der Waals surface area contributed by atoms with Crippen molar-refractivity contribution in [1.82, 2.24) is 10.3 Å². The van der Waals surface area contributed by atoms with Crippen LogP contribution in [0.15, 0.2) is 12.3 Å². The van der Waals surface area contributed by atoms with E-state index in [9.17, 15) is 0 Å². The van der Waals surface area contributed by atoms with E-state index in [0.717, 1.165) is 13.1 Å². The first kappa shape index (κ1) is 7.74. The number of aryl methyl sites for hydroxylation is 2. The molecule has 0 aliphatic carbocycles. The highest BCUT2D eigenvalue weighted by Crippen LogP contribution is 2.21. The average Bonchev–Trinajstić information content (AvgIpc) is 1.91. The van der Waals surface area contributed by atoms with E-state index in [1.807, 2.05) is 6.20 Å². The number of aromatic nitrogens is 1. The second kappa shape index (κ2) is 2.87. The summed E-state index contributed by atoms with van der Waals surface area (Å²) in [6, 6.07) is 2.21. The van der Waals surface area contributed by atoms with Gasteiger partial charge in [-0.05, 0) is 25.0 Å². The molecule has 0 amide bonds. The molecule has 2 rings (SSSR count). The van der Waals surface area contributed by atoms with E-state index in [-0.39, 0.29) is 0 Å². The fraction of sp³-hybridized carbons (Fsp3) is 0.500. The van der Waals surface area contributed by atoms with Gasteiger partial charge in [0.15, 0.2) is 0 Å². The van der Waals surface area contributed by atoms with Gasteiger partial charge in [0.05, 0.1) is 0 Å². The second-order valence-corrected chi connectivity index (χ2v) is 3.57. The first-order valence-corrected chi connectivity index (χ1v) is 4.41. The molecule has 0 radical (unpaired) electrons. The van der Waals surface area contributed by atoms with Crippen LogP contribution in [0.25, 0.3) is 0 Å². The summed E-state index contributed by atoms with van der Waals surface area (Å²) >= 11 is 0. The van der Waals surface area contributed by atoms with E-state index >= 15 is 0 Å². The summed E-state index contributed by atoms with van der Waals surface area (Å²) in [5, 5.41) is 3.26. The Bertz CT molecular complexity index is 290. The molecule has 2 nitrogen and oxygen atoms in total. The van der Waals surface area contributed by atoms with E-state index in [1.54, 1.807) is 0 Å². The topological polar surface area (TPSA) is 24.9 Å². The van der Waals surface area contributed by atoms with Gasteiger partial charge in [0.1, 0.15) is 0 Å². The first-order chi connectivity index (χ1) is 5.77. The van der Waals surface area contributed by atoms with Crippen LogP contribution in [0.4, 0.5) is 0 Å². The van der Waals surface area contributed by atoms with Crippen LogP contribution in [0.1, 0.15) is 22.7 Å². The van der Waals surface area contributed by atoms with E-state index in [4.69, 9.17) is 0 Å². The molecule has 1 fully saturated rings. The average molecular weight is 162 g/mol. The molecule has 0 aromatic carbocycles. The summed E-state index contributed by atoms with van der Waals surface area (Å²) in [5.74, 6) is 0.658. The number of rotatable bonds is 1. The number of hydrogen-bond acceptors (Lipinski definition) is 2. The number of nitrogens with zero attached hydrogens (tertiary/aromatic N) is 1. The Morgan fingerprint density at radius 3 is 2.67 bits per heavy atom. The van der Waals surface area contributed by atoms with Gasteiger partial charge in [0.2, 0.25) is 0 Å². The zero-order valence-electron chi connectivity index (χ0n) is 7.59. The minimum Gasteiger partial charge on any atom is -0.315 e. The van der Waals surface area contributed by atoms with Crippen molar-refractivity contribution >= 4 is 0 Å². The molecule has 0 bridgehead atoms. The third kappa shape index (κ3) is 1.23. The lowest BCUT2D eigenvalue weighted by Crippen LogP contribution is -2.40. The monoisotopic (exact) mass is 162 g/mol. The lowest BCUT2D eigenvalue weighted by Gasteiger charge is -2.27. The van der Waals surface area contributed by atoms with Gasteiger partial charge in [-0.15, -0.1) is 0 Å². The van der Waals surface area contributed by atoms with Gasteiger partial charge in [-0.3, -0.25) is 4.98 Å². The van der Waals surface area contributed by atoms with Crippen LogP contribution in [-0.2, 0) is 0 Å². The quantitative estimate of drug-likeness (QED) is 0.675. The first-order valence-electron chi connectivity index (χ1n) is 4.41. The van der Waals surface area contributed by atoms with Gasteiger partial charge in [0, 0.05) is 30.9 Å². The molecule has 1 aromatic rings. The molecule has 64 valence electrons. The van der Waals surface area contributed by atoms with Crippen LogP contribution in [0.5, 0.6) is 0 Å². The molecule has 1 N–H and O–H groups in total. The molecule has 0 unspecified atom stereocenters. The lowest BCUT2D eigenvalue weighted by molar-refractivity contribution is 0.438. The van der Waals surface area contributed by atoms with Crippen LogP contribution in [-0.4, -0.2) is 18.1 Å². The van der Waals surface area contributed by atoms with E-state index in [2.05, 4.69) is 30.2 Å². The number of nitrogens with one attached hydrogen (secondary N) is 1. The summed E-state index contributed by atoms with van der Waals surface area (Å²) < 4.78 is 0. The van der Waals surface area contributed by atoms with Crippen LogP contribution in [0.2, 0.25) is 0 Å². The van der Waals surface area contributed by atoms with Gasteiger partial charge >= 0.3 is 0 Å². The van der Waals surface area contributed by atoms with Crippen molar-refractivity contribution in [2.45, 2.75) is 19.8 Å². The smallest absolute Gasteiger partial charge is 0.0489 e. The number of hydrogen-bond donors (Lipinski definition) is 1. The molecule has 1 aliphatic heterocycles. The molecule has 2 heterocycles. The van der Waals surface area contributed by atoms with Crippen molar-refractivity contribution in [3.63, 3.8) is 0 Å². The van der Waals surface area contributed by atoms with E-state index in [0.29, 0.717) is 5.92 Å². The SMILES string of the molecule is Cc1cnc(C2CNC2)c(C)c1. The van der Waals surface area contributed by atoms with Gasteiger partial charge in [0.25, 0.3) is 0 Å². The Balaban J connectivity index is 2.31. The van der Waals surface area contributed by atoms with Crippen molar-refractivity contribution in [3.05, 3.63) is 29.1 Å². The predicted octanol–water partition coefficient (Wildman–Crippen LogP) is 1.39. The molecular formula is C10H14N2. The zero-order chi connectivity index (χ0) is 8.55. The maximum absolute atomic E-state index is 4.46. The molecule has 1 aromatic heterocycles. The summed E-state index contributed by atoms with van der Waals surface area (Å²) in [6.07, 6.45) is 1.96. The van der Waals surface area contributed by atoms with Crippen LogP contribution < -0.4 is 5.32 Å². The minimum atomic E-state index is 0.658. The largest absolute Gasteiger partial charge is 0.315 e. The van der Waals surface area contributed by atoms with Gasteiger partial charge in [-0.1, -0.05) is 6.07 Å². The normalized spacial score (nSPS) is 17.5. The fourth-order valence-corrected chi connectivity index (χ4v) is 1.64. The van der Waals surface area contributed by atoms with Crippen LogP contribution in [0.3, 0.4) is 0 Å². The van der Waals surface area contributed by atoms with Crippen molar-refractivity contribution in [2.75, 3.05) is 13.1 Å². The van der Waals surface area contributed by atoms with Crippen molar-refractivity contribution in [2.24, 2.45) is 0 Å². The summed E-state index contributed by atoms with van der Waals surface area (Å²) in [6.45, 7) is 6.42. The molecule has 0 atom stereocenters. The van der Waals surface area contributed by atoms with Crippen molar-refractivity contribution < 1.29 is 0 Å². The maximum atomic E-state index is 4.46. The zero-order valence-corrected chi connectivity index (χ0v) is 7.59. The molecule has 1 aliphatic rings. The summed E-state index contributed by atoms with van der Waals surface area (Å²) in [7, 11) is 0. The fourth-order valence-electron chi connectivity index (χ4n) is 1.64. The number of pyridine rings is 1. The third-order valence-electron chi connectivity index (χ3n) is 2.42. The molecule has 2 heteroatoms. The van der Waals surface area contributed by atoms with E-state index in [1.165, 1.54) is 16.8 Å². The third-order valence-corrected chi connectivity index (χ3v) is 2.42. The lowest BCUT2D eigenvalue weighted by atomic mass is 9.95. The van der Waals surface area contributed by atoms with Gasteiger partial charge in [-0.25, -0.2) is 0 Å². The Hall–Kier alpha value is -0.890. The van der Waals surface area contributed by atoms with Crippen molar-refractivity contribution in [1.29, 1.82) is 0 Å². The molecule has 0 spiro atoms. The molecule has 12 heavy (non-hydrogen) atoms.